The molecule has 29 heavy (non-hydrogen) atoms. The van der Waals surface area contributed by atoms with Gasteiger partial charge in [0.05, 0.1) is 25.2 Å². The number of hydrogen-bond donors (Lipinski definition) is 0. The summed E-state index contributed by atoms with van der Waals surface area (Å²) in [4.78, 5) is 21.6. The molecule has 4 rings (SSSR count). The third kappa shape index (κ3) is 4.33. The van der Waals surface area contributed by atoms with Crippen LogP contribution in [0.3, 0.4) is 0 Å². The molecule has 1 aromatic carbocycles. The Labute approximate surface area is 169 Å². The minimum absolute atomic E-state index is 0.00793. The summed E-state index contributed by atoms with van der Waals surface area (Å²) in [5.41, 5.74) is 1.27. The molecule has 1 aromatic heterocycles. The number of rotatable bonds is 4. The molecule has 0 aliphatic carbocycles. The number of benzene rings is 1. The van der Waals surface area contributed by atoms with Gasteiger partial charge in [-0.3, -0.25) is 9.69 Å². The maximum atomic E-state index is 13.5. The lowest BCUT2D eigenvalue weighted by atomic mass is 9.95. The maximum absolute atomic E-state index is 13.5. The zero-order valence-electron chi connectivity index (χ0n) is 16.9. The van der Waals surface area contributed by atoms with Crippen molar-refractivity contribution in [3.63, 3.8) is 0 Å². The monoisotopic (exact) mass is 402 g/mol. The van der Waals surface area contributed by atoms with Crippen molar-refractivity contribution in [3.8, 4) is 11.4 Å². The summed E-state index contributed by atoms with van der Waals surface area (Å²) in [6, 6.07) is 4.70. The Kier molecular flexibility index (Phi) is 5.91. The number of aromatic nitrogens is 2. The molecule has 7 nitrogen and oxygen atoms in total. The Bertz CT molecular complexity index is 865. The molecule has 156 valence electrons. The first-order valence-electron chi connectivity index (χ1n) is 10.2. The van der Waals surface area contributed by atoms with Gasteiger partial charge in [-0.05, 0) is 57.0 Å². The predicted octanol–water partition coefficient (Wildman–Crippen LogP) is 2.82. The molecule has 2 aromatic rings. The van der Waals surface area contributed by atoms with Gasteiger partial charge in [-0.25, -0.2) is 4.39 Å². The largest absolute Gasteiger partial charge is 0.378 e. The molecule has 2 atom stereocenters. The summed E-state index contributed by atoms with van der Waals surface area (Å²) >= 11 is 0. The van der Waals surface area contributed by atoms with E-state index in [2.05, 4.69) is 15.0 Å². The van der Waals surface area contributed by atoms with Crippen molar-refractivity contribution < 1.29 is 18.4 Å². The number of amides is 1. The van der Waals surface area contributed by atoms with Crippen LogP contribution in [0.2, 0.25) is 0 Å². The first kappa shape index (κ1) is 20.0. The highest BCUT2D eigenvalue weighted by molar-refractivity contribution is 5.79. The van der Waals surface area contributed by atoms with Gasteiger partial charge in [-0.2, -0.15) is 4.98 Å². The van der Waals surface area contributed by atoms with E-state index in [-0.39, 0.29) is 23.7 Å². The van der Waals surface area contributed by atoms with Crippen LogP contribution in [0.1, 0.15) is 37.3 Å². The number of ether oxygens (including phenoxy) is 1. The van der Waals surface area contributed by atoms with Crippen LogP contribution in [0.5, 0.6) is 0 Å². The van der Waals surface area contributed by atoms with Gasteiger partial charge < -0.3 is 14.2 Å². The molecule has 8 heteroatoms. The molecule has 2 unspecified atom stereocenters. The SMILES string of the molecule is Cc1cc(-c2noc(C(C)N3CCCC(C(=O)N4CCOCC4)C3)n2)ccc1F. The van der Waals surface area contributed by atoms with Gasteiger partial charge in [-0.1, -0.05) is 5.16 Å². The lowest BCUT2D eigenvalue weighted by Crippen LogP contribution is -2.48. The molecule has 2 saturated heterocycles. The normalized spacial score (nSPS) is 21.9. The van der Waals surface area contributed by atoms with Gasteiger partial charge in [0, 0.05) is 25.2 Å². The van der Waals surface area contributed by atoms with Crippen LogP contribution >= 0.6 is 0 Å². The topological polar surface area (TPSA) is 71.7 Å². The van der Waals surface area contributed by atoms with Gasteiger partial charge in [0.25, 0.3) is 0 Å². The molecule has 0 radical (unpaired) electrons. The number of piperidine rings is 1. The summed E-state index contributed by atoms with van der Waals surface area (Å²) < 4.78 is 24.4. The number of morpholine rings is 1. The van der Waals surface area contributed by atoms with Gasteiger partial charge in [0.2, 0.25) is 17.6 Å². The molecule has 3 heterocycles. The second kappa shape index (κ2) is 8.59. The number of carbonyl (C=O) groups excluding carboxylic acids is 1. The minimum atomic E-state index is -0.255. The van der Waals surface area contributed by atoms with Crippen LogP contribution in [-0.4, -0.2) is 65.2 Å². The minimum Gasteiger partial charge on any atom is -0.378 e. The van der Waals surface area contributed by atoms with Gasteiger partial charge in [0.15, 0.2) is 0 Å². The van der Waals surface area contributed by atoms with E-state index >= 15 is 0 Å². The number of nitrogens with zero attached hydrogens (tertiary/aromatic N) is 4. The lowest BCUT2D eigenvalue weighted by molar-refractivity contribution is -0.141. The van der Waals surface area contributed by atoms with Crippen molar-refractivity contribution in [2.45, 2.75) is 32.7 Å². The quantitative estimate of drug-likeness (QED) is 0.783. The first-order valence-corrected chi connectivity index (χ1v) is 10.2. The number of halogens is 1. The standard InChI is InChI=1S/C21H27FN4O3/c1-14-12-16(5-6-18(14)22)19-23-20(29-24-19)15(2)26-7-3-4-17(13-26)21(27)25-8-10-28-11-9-25/h5-6,12,15,17H,3-4,7-11,13H2,1-2H3. The molecule has 2 aliphatic heterocycles. The van der Waals surface area contributed by atoms with Gasteiger partial charge in [-0.15, -0.1) is 0 Å². The van der Waals surface area contributed by atoms with E-state index in [0.717, 1.165) is 24.9 Å². The van der Waals surface area contributed by atoms with E-state index < -0.39 is 0 Å². The highest BCUT2D eigenvalue weighted by Crippen LogP contribution is 2.28. The average molecular weight is 402 g/mol. The number of hydrogen-bond acceptors (Lipinski definition) is 6. The maximum Gasteiger partial charge on any atom is 0.244 e. The molecule has 0 saturated carbocycles. The van der Waals surface area contributed by atoms with Crippen LogP contribution in [0.4, 0.5) is 4.39 Å². The van der Waals surface area contributed by atoms with Crippen molar-refractivity contribution in [2.75, 3.05) is 39.4 Å². The molecule has 2 fully saturated rings. The Balaban J connectivity index is 1.43. The van der Waals surface area contributed by atoms with Crippen LogP contribution in [-0.2, 0) is 9.53 Å². The summed E-state index contributed by atoms with van der Waals surface area (Å²) in [6.07, 6.45) is 1.87. The van der Waals surface area contributed by atoms with Crippen LogP contribution in [0, 0.1) is 18.7 Å². The van der Waals surface area contributed by atoms with E-state index in [0.29, 0.717) is 50.1 Å². The Morgan fingerprint density at radius 3 is 2.83 bits per heavy atom. The van der Waals surface area contributed by atoms with E-state index in [1.807, 2.05) is 11.8 Å². The van der Waals surface area contributed by atoms with E-state index in [1.54, 1.807) is 19.1 Å². The smallest absolute Gasteiger partial charge is 0.244 e. The van der Waals surface area contributed by atoms with E-state index in [1.165, 1.54) is 6.07 Å². The Morgan fingerprint density at radius 1 is 1.28 bits per heavy atom. The molecule has 2 aliphatic rings. The van der Waals surface area contributed by atoms with Crippen LogP contribution < -0.4 is 0 Å². The molecule has 0 bridgehead atoms. The third-order valence-electron chi connectivity index (χ3n) is 5.89. The highest BCUT2D eigenvalue weighted by Gasteiger charge is 2.33. The fraction of sp³-hybridized carbons (Fsp3) is 0.571. The highest BCUT2D eigenvalue weighted by atomic mass is 19.1. The van der Waals surface area contributed by atoms with Crippen molar-refractivity contribution in [3.05, 3.63) is 35.5 Å². The summed E-state index contributed by atoms with van der Waals surface area (Å²) in [5, 5.41) is 4.08. The number of aryl methyl sites for hydroxylation is 1. The Hall–Kier alpha value is -2.32. The van der Waals surface area contributed by atoms with Crippen molar-refractivity contribution in [1.82, 2.24) is 19.9 Å². The lowest BCUT2D eigenvalue weighted by Gasteiger charge is -2.37. The second-order valence-electron chi connectivity index (χ2n) is 7.87. The fourth-order valence-corrected chi connectivity index (χ4v) is 4.06. The molecular weight excluding hydrogens is 375 g/mol. The van der Waals surface area contributed by atoms with Crippen molar-refractivity contribution in [1.29, 1.82) is 0 Å². The van der Waals surface area contributed by atoms with Crippen molar-refractivity contribution in [2.24, 2.45) is 5.92 Å². The van der Waals surface area contributed by atoms with Gasteiger partial charge >= 0.3 is 0 Å². The zero-order valence-corrected chi connectivity index (χ0v) is 16.9. The Morgan fingerprint density at radius 2 is 2.07 bits per heavy atom. The zero-order chi connectivity index (χ0) is 20.4. The summed E-state index contributed by atoms with van der Waals surface area (Å²) in [7, 11) is 0. The molecule has 0 N–H and O–H groups in total. The second-order valence-corrected chi connectivity index (χ2v) is 7.87. The third-order valence-corrected chi connectivity index (χ3v) is 5.89. The van der Waals surface area contributed by atoms with E-state index in [9.17, 15) is 9.18 Å². The van der Waals surface area contributed by atoms with E-state index in [4.69, 9.17) is 9.26 Å². The number of carbonyl (C=O) groups is 1. The predicted molar refractivity (Wildman–Crippen MR) is 105 cm³/mol. The van der Waals surface area contributed by atoms with Crippen LogP contribution in [0.25, 0.3) is 11.4 Å². The number of likely N-dealkylation sites (tertiary alicyclic amines) is 1. The van der Waals surface area contributed by atoms with Gasteiger partial charge in [0.1, 0.15) is 5.82 Å². The fourth-order valence-electron chi connectivity index (χ4n) is 4.06. The summed E-state index contributed by atoms with van der Waals surface area (Å²) in [6.45, 7) is 7.89. The summed E-state index contributed by atoms with van der Waals surface area (Å²) in [5.74, 6) is 0.925. The molecular formula is C21H27FN4O3. The average Bonchev–Trinajstić information content (AvgIpc) is 3.25. The molecule has 0 spiro atoms. The first-order chi connectivity index (χ1) is 14.0. The van der Waals surface area contributed by atoms with Crippen molar-refractivity contribution >= 4 is 5.91 Å². The molecule has 1 amide bonds. The van der Waals surface area contributed by atoms with Crippen LogP contribution in [0.15, 0.2) is 22.7 Å².